The molecule has 0 N–H and O–H groups in total. The maximum Gasteiger partial charge on any atom is 0.348 e. The SMILES string of the molecule is CCOC(=O)c1sc(CC(=O)/C(C#N)=C/c2ccc(-c3ccc(Cl)cc3)o2)c(C#N)c1C. The number of hydrogen-bond donors (Lipinski definition) is 0. The van der Waals surface area contributed by atoms with Crippen molar-refractivity contribution in [3.63, 3.8) is 0 Å². The first kappa shape index (κ1) is 23.0. The molecule has 0 aliphatic rings. The summed E-state index contributed by atoms with van der Waals surface area (Å²) in [6, 6.07) is 14.4. The van der Waals surface area contributed by atoms with Gasteiger partial charge in [-0.3, -0.25) is 4.79 Å². The largest absolute Gasteiger partial charge is 0.462 e. The lowest BCUT2D eigenvalue weighted by Gasteiger charge is -1.99. The molecule has 0 aliphatic heterocycles. The van der Waals surface area contributed by atoms with Crippen LogP contribution in [0.4, 0.5) is 0 Å². The number of hydrogen-bond acceptors (Lipinski definition) is 7. The zero-order valence-corrected chi connectivity index (χ0v) is 18.8. The van der Waals surface area contributed by atoms with E-state index in [1.807, 2.05) is 12.1 Å². The highest BCUT2D eigenvalue weighted by molar-refractivity contribution is 7.14. The number of esters is 1. The average Bonchev–Trinajstić information content (AvgIpc) is 3.36. The summed E-state index contributed by atoms with van der Waals surface area (Å²) in [7, 11) is 0. The zero-order chi connectivity index (χ0) is 23.3. The third kappa shape index (κ3) is 4.97. The molecular formula is C24H17ClN2O4S. The Morgan fingerprint density at radius 1 is 1.19 bits per heavy atom. The Morgan fingerprint density at radius 3 is 2.53 bits per heavy atom. The number of nitrogens with zero attached hydrogens (tertiary/aromatic N) is 2. The summed E-state index contributed by atoms with van der Waals surface area (Å²) in [5.74, 6) is -0.107. The van der Waals surface area contributed by atoms with E-state index in [-0.39, 0.29) is 29.0 Å². The first-order chi connectivity index (χ1) is 15.4. The number of furan rings is 1. The fraction of sp³-hybridized carbons (Fsp3) is 0.167. The number of Topliss-reactive ketones (excluding diaryl/α,β-unsaturated/α-hetero) is 1. The second-order valence-corrected chi connectivity index (χ2v) is 8.21. The van der Waals surface area contributed by atoms with Gasteiger partial charge in [0.25, 0.3) is 0 Å². The van der Waals surface area contributed by atoms with Crippen molar-refractivity contribution in [3.05, 3.63) is 73.6 Å². The number of rotatable bonds is 7. The van der Waals surface area contributed by atoms with E-state index in [4.69, 9.17) is 20.8 Å². The van der Waals surface area contributed by atoms with Gasteiger partial charge >= 0.3 is 5.97 Å². The van der Waals surface area contributed by atoms with Crippen molar-refractivity contribution in [2.45, 2.75) is 20.3 Å². The van der Waals surface area contributed by atoms with E-state index in [2.05, 4.69) is 0 Å². The van der Waals surface area contributed by atoms with Crippen molar-refractivity contribution in [1.82, 2.24) is 0 Å². The maximum absolute atomic E-state index is 12.8. The van der Waals surface area contributed by atoms with Gasteiger partial charge in [0.2, 0.25) is 0 Å². The monoisotopic (exact) mass is 464 g/mol. The van der Waals surface area contributed by atoms with Gasteiger partial charge in [-0.2, -0.15) is 10.5 Å². The third-order valence-electron chi connectivity index (χ3n) is 4.58. The number of ether oxygens (including phenoxy) is 1. The molecule has 0 amide bonds. The first-order valence-corrected chi connectivity index (χ1v) is 10.8. The first-order valence-electron chi connectivity index (χ1n) is 9.58. The molecule has 6 nitrogen and oxygen atoms in total. The van der Waals surface area contributed by atoms with Crippen LogP contribution in [0.25, 0.3) is 17.4 Å². The number of benzene rings is 1. The van der Waals surface area contributed by atoms with Gasteiger partial charge in [-0.05, 0) is 55.8 Å². The standard InChI is InChI=1S/C24H17ClN2O4S/c1-3-30-24(29)23-14(2)19(13-27)22(32-23)11-20(28)16(12-26)10-18-8-9-21(31-18)15-4-6-17(25)7-5-15/h4-10H,3,11H2,1-2H3/b16-10+. The Kier molecular flexibility index (Phi) is 7.27. The van der Waals surface area contributed by atoms with Crippen LogP contribution in [0.3, 0.4) is 0 Å². The second kappa shape index (κ2) is 10.1. The minimum atomic E-state index is -0.536. The van der Waals surface area contributed by atoms with Crippen molar-refractivity contribution in [3.8, 4) is 23.5 Å². The molecule has 8 heteroatoms. The highest BCUT2D eigenvalue weighted by atomic mass is 35.5. The number of ketones is 1. The minimum Gasteiger partial charge on any atom is -0.462 e. The lowest BCUT2D eigenvalue weighted by molar-refractivity contribution is -0.114. The normalized spacial score (nSPS) is 11.0. The van der Waals surface area contributed by atoms with Crippen molar-refractivity contribution in [2.24, 2.45) is 0 Å². The molecule has 2 heterocycles. The predicted octanol–water partition coefficient (Wildman–Crippen LogP) is 5.74. The Hall–Kier alpha value is -3.65. The Morgan fingerprint density at radius 2 is 1.91 bits per heavy atom. The smallest absolute Gasteiger partial charge is 0.348 e. The molecule has 0 unspecified atom stereocenters. The van der Waals surface area contributed by atoms with Crippen LogP contribution in [-0.2, 0) is 16.0 Å². The van der Waals surface area contributed by atoms with E-state index < -0.39 is 11.8 Å². The van der Waals surface area contributed by atoms with Crippen molar-refractivity contribution >= 4 is 40.8 Å². The van der Waals surface area contributed by atoms with Gasteiger partial charge in [0, 0.05) is 28.0 Å². The molecule has 3 rings (SSSR count). The number of carbonyl (C=O) groups is 2. The van der Waals surface area contributed by atoms with Gasteiger partial charge in [0.1, 0.15) is 28.5 Å². The highest BCUT2D eigenvalue weighted by Crippen LogP contribution is 2.30. The molecule has 160 valence electrons. The van der Waals surface area contributed by atoms with Crippen LogP contribution in [0.5, 0.6) is 0 Å². The van der Waals surface area contributed by atoms with E-state index in [0.29, 0.717) is 27.0 Å². The topological polar surface area (TPSA) is 104 Å². The molecule has 0 fully saturated rings. The van der Waals surface area contributed by atoms with Crippen molar-refractivity contribution < 1.29 is 18.7 Å². The molecule has 2 aromatic heterocycles. The highest BCUT2D eigenvalue weighted by Gasteiger charge is 2.23. The lowest BCUT2D eigenvalue weighted by atomic mass is 10.0. The van der Waals surface area contributed by atoms with Crippen LogP contribution >= 0.6 is 22.9 Å². The van der Waals surface area contributed by atoms with Gasteiger partial charge in [0.15, 0.2) is 5.78 Å². The van der Waals surface area contributed by atoms with Crippen LogP contribution in [-0.4, -0.2) is 18.4 Å². The quantitative estimate of drug-likeness (QED) is 0.251. The van der Waals surface area contributed by atoms with Gasteiger partial charge in [-0.15, -0.1) is 11.3 Å². The summed E-state index contributed by atoms with van der Waals surface area (Å²) < 4.78 is 10.7. The fourth-order valence-corrected chi connectivity index (χ4v) is 4.27. The summed E-state index contributed by atoms with van der Waals surface area (Å²) >= 11 is 6.94. The summed E-state index contributed by atoms with van der Waals surface area (Å²) in [6.07, 6.45) is 1.18. The molecule has 0 aliphatic carbocycles. The van der Waals surface area contributed by atoms with Crippen molar-refractivity contribution in [1.29, 1.82) is 10.5 Å². The number of carbonyl (C=O) groups excluding carboxylic acids is 2. The van der Waals surface area contributed by atoms with Crippen LogP contribution in [0, 0.1) is 29.6 Å². The van der Waals surface area contributed by atoms with E-state index in [1.165, 1.54) is 6.08 Å². The van der Waals surface area contributed by atoms with Gasteiger partial charge in [-0.25, -0.2) is 4.79 Å². The zero-order valence-electron chi connectivity index (χ0n) is 17.3. The summed E-state index contributed by atoms with van der Waals surface area (Å²) in [6.45, 7) is 3.53. The molecule has 1 aromatic carbocycles. The summed E-state index contributed by atoms with van der Waals surface area (Å²) in [4.78, 5) is 25.6. The van der Waals surface area contributed by atoms with E-state index >= 15 is 0 Å². The van der Waals surface area contributed by atoms with Crippen LogP contribution in [0.2, 0.25) is 5.02 Å². The molecule has 0 atom stereocenters. The molecule has 0 bridgehead atoms. The van der Waals surface area contributed by atoms with Gasteiger partial charge in [-0.1, -0.05) is 11.6 Å². The van der Waals surface area contributed by atoms with Crippen LogP contribution in [0.1, 0.15) is 38.4 Å². The number of allylic oxidation sites excluding steroid dienone is 1. The van der Waals surface area contributed by atoms with Gasteiger partial charge in [0.05, 0.1) is 17.7 Å². The van der Waals surface area contributed by atoms with Crippen LogP contribution < -0.4 is 0 Å². The third-order valence-corrected chi connectivity index (χ3v) is 6.10. The Bertz CT molecular complexity index is 1290. The maximum atomic E-state index is 12.8. The molecule has 0 radical (unpaired) electrons. The van der Waals surface area contributed by atoms with E-state index in [9.17, 15) is 20.1 Å². The number of nitriles is 2. The second-order valence-electron chi connectivity index (χ2n) is 6.67. The summed E-state index contributed by atoms with van der Waals surface area (Å²) in [5, 5.41) is 19.6. The lowest BCUT2D eigenvalue weighted by Crippen LogP contribution is -2.05. The summed E-state index contributed by atoms with van der Waals surface area (Å²) in [5.41, 5.74) is 1.42. The molecule has 0 spiro atoms. The fourth-order valence-electron chi connectivity index (χ4n) is 2.99. The predicted molar refractivity (Wildman–Crippen MR) is 121 cm³/mol. The molecule has 32 heavy (non-hydrogen) atoms. The molecular weight excluding hydrogens is 448 g/mol. The average molecular weight is 465 g/mol. The number of thiophene rings is 1. The Labute approximate surface area is 193 Å². The minimum absolute atomic E-state index is 0.116. The molecule has 0 saturated carbocycles. The number of halogens is 1. The molecule has 0 saturated heterocycles. The molecule has 3 aromatic rings. The van der Waals surface area contributed by atoms with Gasteiger partial charge < -0.3 is 9.15 Å². The van der Waals surface area contributed by atoms with Crippen LogP contribution in [0.15, 0.2) is 46.4 Å². The Balaban J connectivity index is 1.84. The van der Waals surface area contributed by atoms with E-state index in [1.54, 1.807) is 50.2 Å². The van der Waals surface area contributed by atoms with Crippen molar-refractivity contribution in [2.75, 3.05) is 6.61 Å². The van der Waals surface area contributed by atoms with E-state index in [0.717, 1.165) is 16.9 Å².